The summed E-state index contributed by atoms with van der Waals surface area (Å²) in [5.74, 6) is 0.874. The second kappa shape index (κ2) is 7.82. The van der Waals surface area contributed by atoms with Crippen LogP contribution >= 0.6 is 0 Å². The Kier molecular flexibility index (Phi) is 5.09. The predicted octanol–water partition coefficient (Wildman–Crippen LogP) is 3.52. The number of hydrogen-bond donors (Lipinski definition) is 1. The first-order chi connectivity index (χ1) is 13.2. The van der Waals surface area contributed by atoms with E-state index in [1.807, 2.05) is 46.2 Å². The van der Waals surface area contributed by atoms with Crippen molar-refractivity contribution in [2.45, 2.75) is 45.2 Å². The topological polar surface area (TPSA) is 76.2 Å². The molecular weight excluding hydrogens is 342 g/mol. The van der Waals surface area contributed by atoms with E-state index in [2.05, 4.69) is 22.3 Å². The fourth-order valence-electron chi connectivity index (χ4n) is 3.57. The van der Waals surface area contributed by atoms with Crippen molar-refractivity contribution in [2.24, 2.45) is 0 Å². The van der Waals surface area contributed by atoms with E-state index in [1.54, 1.807) is 0 Å². The van der Waals surface area contributed by atoms with E-state index in [0.717, 1.165) is 54.9 Å². The first-order valence-corrected chi connectivity index (χ1v) is 9.62. The number of fused-ring (bicyclic) bond motifs is 1. The Morgan fingerprint density at radius 1 is 1.37 bits per heavy atom. The number of rotatable bonds is 5. The van der Waals surface area contributed by atoms with Gasteiger partial charge in [-0.15, -0.1) is 0 Å². The zero-order valence-electron chi connectivity index (χ0n) is 15.6. The Balaban J connectivity index is 1.36. The van der Waals surface area contributed by atoms with Gasteiger partial charge in [-0.3, -0.25) is 4.68 Å². The smallest absolute Gasteiger partial charge is 0.317 e. The van der Waals surface area contributed by atoms with Crippen LogP contribution in [0.3, 0.4) is 0 Å². The number of carbonyl (C=O) groups excluding carboxylic acids is 1. The monoisotopic (exact) mass is 367 g/mol. The van der Waals surface area contributed by atoms with Crippen molar-refractivity contribution >= 4 is 17.1 Å². The molecule has 2 aromatic heterocycles. The molecule has 7 nitrogen and oxygen atoms in total. The summed E-state index contributed by atoms with van der Waals surface area (Å²) in [6.07, 6.45) is 6.78. The molecule has 0 unspecified atom stereocenters. The lowest BCUT2D eigenvalue weighted by molar-refractivity contribution is 0.174. The molecule has 0 bridgehead atoms. The Morgan fingerprint density at radius 3 is 3.11 bits per heavy atom. The predicted molar refractivity (Wildman–Crippen MR) is 102 cm³/mol. The molecule has 27 heavy (non-hydrogen) atoms. The van der Waals surface area contributed by atoms with Gasteiger partial charge in [0.2, 0.25) is 0 Å². The van der Waals surface area contributed by atoms with Crippen molar-refractivity contribution < 1.29 is 9.21 Å². The highest BCUT2D eigenvalue weighted by molar-refractivity contribution is 5.74. The van der Waals surface area contributed by atoms with Crippen LogP contribution in [0.2, 0.25) is 0 Å². The Bertz CT molecular complexity index is 883. The number of urea groups is 1. The number of benzene rings is 1. The fraction of sp³-hybridized carbons (Fsp3) is 0.450. The largest absolute Gasteiger partial charge is 0.440 e. The summed E-state index contributed by atoms with van der Waals surface area (Å²) in [7, 11) is 0. The number of hydrogen-bond acceptors (Lipinski definition) is 4. The highest BCUT2D eigenvalue weighted by Crippen LogP contribution is 2.28. The number of oxazole rings is 1. The molecule has 1 aliphatic rings. The summed E-state index contributed by atoms with van der Waals surface area (Å²) < 4.78 is 7.82. The van der Waals surface area contributed by atoms with Gasteiger partial charge in [-0.05, 0) is 31.4 Å². The summed E-state index contributed by atoms with van der Waals surface area (Å²) in [5.41, 5.74) is 2.70. The summed E-state index contributed by atoms with van der Waals surface area (Å²) in [4.78, 5) is 19.1. The number of piperidine rings is 1. The highest BCUT2D eigenvalue weighted by atomic mass is 16.3. The van der Waals surface area contributed by atoms with E-state index in [4.69, 9.17) is 4.42 Å². The third-order valence-electron chi connectivity index (χ3n) is 4.95. The SMILES string of the molecule is CCCn1cc(CNC(=O)N2CCC[C@H](c3nc4ccccc4o3)C2)cn1. The molecule has 142 valence electrons. The Labute approximate surface area is 158 Å². The molecule has 1 N–H and O–H groups in total. The van der Waals surface area contributed by atoms with Crippen LogP contribution in [0, 0.1) is 0 Å². The minimum Gasteiger partial charge on any atom is -0.440 e. The number of likely N-dealkylation sites (tertiary alicyclic amines) is 1. The zero-order chi connectivity index (χ0) is 18.6. The molecule has 4 rings (SSSR count). The van der Waals surface area contributed by atoms with Gasteiger partial charge >= 0.3 is 6.03 Å². The molecule has 0 radical (unpaired) electrons. The van der Waals surface area contributed by atoms with E-state index in [1.165, 1.54) is 0 Å². The lowest BCUT2D eigenvalue weighted by atomic mass is 9.98. The van der Waals surface area contributed by atoms with Gasteiger partial charge in [0.15, 0.2) is 11.5 Å². The molecule has 1 fully saturated rings. The van der Waals surface area contributed by atoms with Gasteiger partial charge in [-0.1, -0.05) is 19.1 Å². The van der Waals surface area contributed by atoms with Gasteiger partial charge in [0.05, 0.1) is 12.1 Å². The van der Waals surface area contributed by atoms with E-state index in [9.17, 15) is 4.79 Å². The van der Waals surface area contributed by atoms with Crippen LogP contribution < -0.4 is 5.32 Å². The fourth-order valence-corrected chi connectivity index (χ4v) is 3.57. The number of para-hydroxylation sites is 2. The molecule has 3 heterocycles. The summed E-state index contributed by atoms with van der Waals surface area (Å²) >= 11 is 0. The quantitative estimate of drug-likeness (QED) is 0.748. The molecule has 1 saturated heterocycles. The van der Waals surface area contributed by atoms with Crippen molar-refractivity contribution in [1.29, 1.82) is 0 Å². The second-order valence-electron chi connectivity index (χ2n) is 7.08. The molecule has 1 aliphatic heterocycles. The molecule has 0 spiro atoms. The minimum absolute atomic E-state index is 0.0425. The molecule has 3 aromatic rings. The van der Waals surface area contributed by atoms with Gasteiger partial charge in [-0.2, -0.15) is 5.10 Å². The number of nitrogens with zero attached hydrogens (tertiary/aromatic N) is 4. The number of carbonyl (C=O) groups is 1. The molecular formula is C20H25N5O2. The van der Waals surface area contributed by atoms with Crippen LogP contribution in [0.15, 0.2) is 41.1 Å². The third-order valence-corrected chi connectivity index (χ3v) is 4.95. The lowest BCUT2D eigenvalue weighted by Crippen LogP contribution is -2.44. The maximum absolute atomic E-state index is 12.6. The van der Waals surface area contributed by atoms with Gasteiger partial charge < -0.3 is 14.6 Å². The maximum atomic E-state index is 12.6. The van der Waals surface area contributed by atoms with Crippen LogP contribution in [0.1, 0.15) is 43.6 Å². The van der Waals surface area contributed by atoms with E-state index in [0.29, 0.717) is 13.1 Å². The van der Waals surface area contributed by atoms with Crippen LogP contribution in [-0.4, -0.2) is 38.8 Å². The molecule has 1 aromatic carbocycles. The zero-order valence-corrected chi connectivity index (χ0v) is 15.6. The average Bonchev–Trinajstić information content (AvgIpc) is 3.33. The summed E-state index contributed by atoms with van der Waals surface area (Å²) in [6.45, 7) is 4.90. The molecule has 2 amide bonds. The van der Waals surface area contributed by atoms with E-state index >= 15 is 0 Å². The first-order valence-electron chi connectivity index (χ1n) is 9.62. The van der Waals surface area contributed by atoms with Crippen molar-refractivity contribution in [3.05, 3.63) is 48.1 Å². The van der Waals surface area contributed by atoms with E-state index in [-0.39, 0.29) is 11.9 Å². The van der Waals surface area contributed by atoms with Crippen LogP contribution in [0.5, 0.6) is 0 Å². The number of nitrogens with one attached hydrogen (secondary N) is 1. The van der Waals surface area contributed by atoms with Crippen molar-refractivity contribution in [3.63, 3.8) is 0 Å². The third kappa shape index (κ3) is 3.97. The maximum Gasteiger partial charge on any atom is 0.317 e. The van der Waals surface area contributed by atoms with Crippen LogP contribution in [0.4, 0.5) is 4.79 Å². The number of aromatic nitrogens is 3. The summed E-state index contributed by atoms with van der Waals surface area (Å²) in [6, 6.07) is 7.74. The molecule has 7 heteroatoms. The number of aryl methyl sites for hydroxylation is 1. The van der Waals surface area contributed by atoms with E-state index < -0.39 is 0 Å². The van der Waals surface area contributed by atoms with Crippen molar-refractivity contribution in [1.82, 2.24) is 25.0 Å². The van der Waals surface area contributed by atoms with Gasteiger partial charge in [0.1, 0.15) is 5.52 Å². The highest BCUT2D eigenvalue weighted by Gasteiger charge is 2.28. The second-order valence-corrected chi connectivity index (χ2v) is 7.08. The number of amides is 2. The first kappa shape index (κ1) is 17.6. The average molecular weight is 367 g/mol. The normalized spacial score (nSPS) is 17.4. The van der Waals surface area contributed by atoms with Crippen molar-refractivity contribution in [2.75, 3.05) is 13.1 Å². The Morgan fingerprint density at radius 2 is 2.26 bits per heavy atom. The van der Waals surface area contributed by atoms with Gasteiger partial charge in [0.25, 0.3) is 0 Å². The van der Waals surface area contributed by atoms with Gasteiger partial charge in [0, 0.05) is 37.9 Å². The molecule has 0 aliphatic carbocycles. The van der Waals surface area contributed by atoms with Crippen molar-refractivity contribution in [3.8, 4) is 0 Å². The standard InChI is InChI=1S/C20H25N5O2/c1-2-9-25-13-15(12-22-25)11-21-20(26)24-10-5-6-16(14-24)19-23-17-7-3-4-8-18(17)27-19/h3-4,7-8,12-13,16H,2,5-6,9-11,14H2,1H3,(H,21,26)/t16-/m0/s1. The summed E-state index contributed by atoms with van der Waals surface area (Å²) in [5, 5.41) is 7.31. The molecule has 1 atom stereocenters. The molecule has 0 saturated carbocycles. The van der Waals surface area contributed by atoms with Gasteiger partial charge in [-0.25, -0.2) is 9.78 Å². The van der Waals surface area contributed by atoms with Crippen LogP contribution in [0.25, 0.3) is 11.1 Å². The minimum atomic E-state index is -0.0425. The lowest BCUT2D eigenvalue weighted by Gasteiger charge is -2.31. The Hall–Kier alpha value is -2.83. The van der Waals surface area contributed by atoms with Crippen LogP contribution in [-0.2, 0) is 13.1 Å².